The second kappa shape index (κ2) is 9.29. The summed E-state index contributed by atoms with van der Waals surface area (Å²) in [7, 11) is 0. The molecule has 0 aromatic carbocycles. The zero-order valence-electron chi connectivity index (χ0n) is 14.4. The monoisotopic (exact) mass is 344 g/mol. The molecule has 7 heteroatoms. The van der Waals surface area contributed by atoms with E-state index in [1.54, 1.807) is 0 Å². The number of nitrogens with one attached hydrogen (secondary N) is 2. The van der Waals surface area contributed by atoms with Crippen LogP contribution in [0.15, 0.2) is 33.1 Å². The molecule has 0 spiro atoms. The van der Waals surface area contributed by atoms with Gasteiger partial charge in [-0.3, -0.25) is 0 Å². The molecule has 0 radical (unpaired) electrons. The van der Waals surface area contributed by atoms with Crippen molar-refractivity contribution < 1.29 is 54.8 Å². The quantitative estimate of drug-likeness (QED) is 0.467. The fraction of sp³-hybridized carbons (Fsp3) is 0.412. The maximum atomic E-state index is 5.92. The van der Waals surface area contributed by atoms with Crippen molar-refractivity contribution in [2.24, 2.45) is 0 Å². The van der Waals surface area contributed by atoms with Crippen LogP contribution in [-0.4, -0.2) is 38.7 Å². The van der Waals surface area contributed by atoms with Crippen molar-refractivity contribution in [2.75, 3.05) is 26.3 Å². The van der Waals surface area contributed by atoms with Crippen molar-refractivity contribution in [3.05, 3.63) is 47.3 Å². The summed E-state index contributed by atoms with van der Waals surface area (Å²) < 4.78 is 17.4. The van der Waals surface area contributed by atoms with Crippen LogP contribution in [0.5, 0.6) is 0 Å². The molecule has 1 aliphatic heterocycles. The fourth-order valence-corrected chi connectivity index (χ4v) is 2.36. The summed E-state index contributed by atoms with van der Waals surface area (Å²) in [4.78, 5) is 6.39. The number of hydrogen-bond donors (Lipinski definition) is 2. The predicted octanol–water partition coefficient (Wildman–Crippen LogP) is -6.76. The molecule has 24 heavy (non-hydrogen) atoms. The van der Waals surface area contributed by atoms with Crippen LogP contribution >= 0.6 is 0 Å². The van der Waals surface area contributed by atoms with Gasteiger partial charge in [0.2, 0.25) is 12.4 Å². The predicted molar refractivity (Wildman–Crippen MR) is 82.4 cm³/mol. The van der Waals surface area contributed by atoms with E-state index >= 15 is 0 Å². The molecular weight excluding hydrogens is 323 g/mol. The van der Waals surface area contributed by atoms with Crippen LogP contribution in [0.25, 0.3) is 0 Å². The molecule has 4 bridgehead atoms. The Balaban J connectivity index is 0.00000144. The van der Waals surface area contributed by atoms with Gasteiger partial charge in [-0.25, -0.2) is 9.98 Å². The van der Waals surface area contributed by atoms with Crippen LogP contribution < -0.4 is 41.3 Å². The van der Waals surface area contributed by atoms with E-state index in [0.29, 0.717) is 13.2 Å². The number of fused-ring (bicyclic) bond motifs is 4. The molecule has 0 amide bonds. The molecule has 0 unspecified atom stereocenters. The maximum absolute atomic E-state index is 5.92. The average Bonchev–Trinajstić information content (AvgIpc) is 3.14. The zero-order valence-corrected chi connectivity index (χ0v) is 15.2. The topological polar surface area (TPSA) is 63.5 Å². The first-order valence-electron chi connectivity index (χ1n) is 7.58. The Bertz CT molecular complexity index is 635. The first kappa shape index (κ1) is 20.8. The van der Waals surface area contributed by atoms with Crippen LogP contribution in [0, 0.1) is 0 Å². The molecule has 5 nitrogen and oxygen atoms in total. The van der Waals surface area contributed by atoms with E-state index in [2.05, 4.69) is 23.8 Å². The SMILES string of the molecule is CC1(C)c2ccc(o2)C=[NH+]CCOCC[NH+]=Cc2ccc1o2.[Cl-].[Li+]. The number of rotatable bonds is 0. The Kier molecular flexibility index (Phi) is 8.05. The average molecular weight is 345 g/mol. The molecule has 0 fully saturated rings. The molecule has 1 aliphatic rings. The summed E-state index contributed by atoms with van der Waals surface area (Å²) in [6.45, 7) is 7.00. The van der Waals surface area contributed by atoms with E-state index in [1.165, 1.54) is 0 Å². The second-order valence-corrected chi connectivity index (χ2v) is 5.84. The van der Waals surface area contributed by atoms with Gasteiger partial charge in [0.1, 0.15) is 24.7 Å². The second-order valence-electron chi connectivity index (χ2n) is 5.84. The first-order chi connectivity index (χ1) is 10.7. The van der Waals surface area contributed by atoms with E-state index < -0.39 is 0 Å². The fourth-order valence-electron chi connectivity index (χ4n) is 2.36. The number of hydrogen-bond acceptors (Lipinski definition) is 3. The Hall–Kier alpha value is -1.25. The van der Waals surface area contributed by atoms with Gasteiger partial charge in [0, 0.05) is 0 Å². The van der Waals surface area contributed by atoms with Crippen LogP contribution in [0.3, 0.4) is 0 Å². The molecule has 0 atom stereocenters. The van der Waals surface area contributed by atoms with Gasteiger partial charge < -0.3 is 26.0 Å². The third-order valence-electron chi connectivity index (χ3n) is 3.76. The molecule has 2 aromatic rings. The Labute approximate surface area is 160 Å². The van der Waals surface area contributed by atoms with Gasteiger partial charge in [0.15, 0.2) is 24.6 Å². The molecule has 3 heterocycles. The van der Waals surface area contributed by atoms with Crippen LogP contribution in [0.2, 0.25) is 0 Å². The molecule has 0 aliphatic carbocycles. The van der Waals surface area contributed by atoms with E-state index in [0.717, 1.165) is 36.1 Å². The van der Waals surface area contributed by atoms with Crippen molar-refractivity contribution in [3.63, 3.8) is 0 Å². The van der Waals surface area contributed by atoms with Gasteiger partial charge in [-0.05, 0) is 38.1 Å². The first-order valence-corrected chi connectivity index (χ1v) is 7.58. The van der Waals surface area contributed by atoms with Crippen molar-refractivity contribution in [3.8, 4) is 0 Å². The van der Waals surface area contributed by atoms with Gasteiger partial charge in [-0.2, -0.15) is 0 Å². The third-order valence-corrected chi connectivity index (χ3v) is 3.76. The van der Waals surface area contributed by atoms with Gasteiger partial charge in [-0.1, -0.05) is 0 Å². The normalized spacial score (nSPS) is 16.9. The minimum Gasteiger partial charge on any atom is -1.00 e. The largest absolute Gasteiger partial charge is 1.00 e. The van der Waals surface area contributed by atoms with Crippen molar-refractivity contribution in [2.45, 2.75) is 19.3 Å². The summed E-state index contributed by atoms with van der Waals surface area (Å²) in [6, 6.07) is 7.90. The summed E-state index contributed by atoms with van der Waals surface area (Å²) in [5.41, 5.74) is -0.321. The van der Waals surface area contributed by atoms with Crippen LogP contribution in [0.4, 0.5) is 0 Å². The molecule has 3 rings (SSSR count). The summed E-state index contributed by atoms with van der Waals surface area (Å²) >= 11 is 0. The maximum Gasteiger partial charge on any atom is 1.00 e. The van der Waals surface area contributed by atoms with Gasteiger partial charge in [0.05, 0.1) is 5.41 Å². The van der Waals surface area contributed by atoms with E-state index in [1.807, 2.05) is 36.7 Å². The van der Waals surface area contributed by atoms with E-state index in [-0.39, 0.29) is 36.7 Å². The smallest absolute Gasteiger partial charge is 1.00 e. The standard InChI is InChI=1S/C17H20N2O3.ClH.Li/c1-17(2)15-5-3-13(21-15)11-18-7-9-20-10-8-19-12-14-4-6-16(17)22-14;;/h3-6,11-12H,7-10H2,1-2H3;1H;/q;;+1/p+1. The van der Waals surface area contributed by atoms with Gasteiger partial charge in [0.25, 0.3) is 0 Å². The van der Waals surface area contributed by atoms with E-state index in [9.17, 15) is 0 Å². The van der Waals surface area contributed by atoms with Crippen LogP contribution in [0.1, 0.15) is 36.9 Å². The summed E-state index contributed by atoms with van der Waals surface area (Å²) in [5.74, 6) is 3.35. The minimum atomic E-state index is -0.321. The molecule has 124 valence electrons. The molecule has 2 aromatic heterocycles. The summed E-state index contributed by atoms with van der Waals surface area (Å²) in [5, 5.41) is 0. The Morgan fingerprint density at radius 2 is 1.29 bits per heavy atom. The molecule has 2 N–H and O–H groups in total. The van der Waals surface area contributed by atoms with E-state index in [4.69, 9.17) is 13.6 Å². The zero-order chi connectivity index (χ0) is 15.4. The number of ether oxygens (including phenoxy) is 1. The Morgan fingerprint density at radius 3 is 1.75 bits per heavy atom. The minimum absolute atomic E-state index is 0. The van der Waals surface area contributed by atoms with Crippen molar-refractivity contribution in [1.29, 1.82) is 0 Å². The number of furan rings is 2. The van der Waals surface area contributed by atoms with Gasteiger partial charge >= 0.3 is 18.9 Å². The van der Waals surface area contributed by atoms with Crippen LogP contribution in [-0.2, 0) is 10.2 Å². The summed E-state index contributed by atoms with van der Waals surface area (Å²) in [6.07, 6.45) is 3.74. The molecule has 0 saturated heterocycles. The molecule has 0 saturated carbocycles. The molecular formula is C17H22ClLiN2O3+2. The van der Waals surface area contributed by atoms with Gasteiger partial charge in [-0.15, -0.1) is 0 Å². The van der Waals surface area contributed by atoms with Crippen molar-refractivity contribution >= 4 is 12.4 Å². The Morgan fingerprint density at radius 1 is 0.833 bits per heavy atom. The third kappa shape index (κ3) is 4.87. The van der Waals surface area contributed by atoms with Crippen molar-refractivity contribution in [1.82, 2.24) is 0 Å². The number of halogens is 1.